The van der Waals surface area contributed by atoms with Crippen LogP contribution in [0.5, 0.6) is 0 Å². The molecule has 3 heterocycles. The van der Waals surface area contributed by atoms with Crippen molar-refractivity contribution < 1.29 is 9.59 Å². The number of hydrogen-bond donors (Lipinski definition) is 0. The minimum Gasteiger partial charge on any atom is -0.332 e. The number of hydrogen-bond acceptors (Lipinski definition) is 4. The van der Waals surface area contributed by atoms with Gasteiger partial charge in [0, 0.05) is 36.7 Å². The third-order valence-corrected chi connectivity index (χ3v) is 7.07. The Bertz CT molecular complexity index is 801. The standard InChI is InChI=1S/C24H36N4O2/c1-16(2)13-15-28-21(29)12-11-19-17(3)25-22(26-23(19)28)20-10-7-14-27(20)24(30)18-8-5-4-6-9-18/h16,18,20H,4-15H2,1-3H3. The first-order valence-electron chi connectivity index (χ1n) is 11.9. The summed E-state index contributed by atoms with van der Waals surface area (Å²) in [5.74, 6) is 2.69. The molecule has 164 valence electrons. The van der Waals surface area contributed by atoms with Gasteiger partial charge in [-0.2, -0.15) is 0 Å². The highest BCUT2D eigenvalue weighted by Gasteiger charge is 2.37. The van der Waals surface area contributed by atoms with Gasteiger partial charge in [0.2, 0.25) is 11.8 Å². The summed E-state index contributed by atoms with van der Waals surface area (Å²) in [5.41, 5.74) is 2.07. The topological polar surface area (TPSA) is 66.4 Å². The lowest BCUT2D eigenvalue weighted by Crippen LogP contribution is -2.39. The summed E-state index contributed by atoms with van der Waals surface area (Å²) in [5, 5.41) is 0. The summed E-state index contributed by atoms with van der Waals surface area (Å²) in [6.07, 6.45) is 9.73. The largest absolute Gasteiger partial charge is 0.332 e. The molecule has 0 N–H and O–H groups in total. The number of rotatable bonds is 5. The van der Waals surface area contributed by atoms with Crippen LogP contribution in [0.2, 0.25) is 0 Å². The van der Waals surface area contributed by atoms with Crippen molar-refractivity contribution in [1.82, 2.24) is 14.9 Å². The van der Waals surface area contributed by atoms with Gasteiger partial charge in [0.05, 0.1) is 6.04 Å². The van der Waals surface area contributed by atoms with Crippen LogP contribution in [0, 0.1) is 18.8 Å². The van der Waals surface area contributed by atoms with E-state index in [1.54, 1.807) is 0 Å². The molecule has 3 aliphatic rings. The number of likely N-dealkylation sites (tertiary alicyclic amines) is 1. The monoisotopic (exact) mass is 412 g/mol. The second-order valence-electron chi connectivity index (χ2n) is 9.72. The van der Waals surface area contributed by atoms with Gasteiger partial charge in [-0.15, -0.1) is 0 Å². The maximum absolute atomic E-state index is 13.3. The molecule has 1 aliphatic carbocycles. The fraction of sp³-hybridized carbons (Fsp3) is 0.750. The van der Waals surface area contributed by atoms with Crippen molar-refractivity contribution in [3.05, 3.63) is 17.1 Å². The van der Waals surface area contributed by atoms with E-state index in [4.69, 9.17) is 9.97 Å². The zero-order valence-electron chi connectivity index (χ0n) is 18.8. The molecule has 30 heavy (non-hydrogen) atoms. The van der Waals surface area contributed by atoms with Gasteiger partial charge in [-0.05, 0) is 51.4 Å². The summed E-state index contributed by atoms with van der Waals surface area (Å²) < 4.78 is 0. The molecule has 0 spiro atoms. The molecule has 1 aromatic rings. The highest BCUT2D eigenvalue weighted by molar-refractivity contribution is 5.95. The molecule has 0 aromatic carbocycles. The van der Waals surface area contributed by atoms with Crippen LogP contribution in [-0.4, -0.2) is 39.8 Å². The van der Waals surface area contributed by atoms with Gasteiger partial charge in [-0.3, -0.25) is 14.5 Å². The molecule has 1 aromatic heterocycles. The van der Waals surface area contributed by atoms with Crippen LogP contribution in [0.4, 0.5) is 5.82 Å². The highest BCUT2D eigenvalue weighted by Crippen LogP contribution is 2.37. The molecule has 0 bridgehead atoms. The lowest BCUT2D eigenvalue weighted by molar-refractivity contribution is -0.137. The molecule has 1 atom stereocenters. The maximum atomic E-state index is 13.3. The molecule has 2 amide bonds. The first kappa shape index (κ1) is 21.3. The molecule has 1 saturated heterocycles. The summed E-state index contributed by atoms with van der Waals surface area (Å²) in [7, 11) is 0. The van der Waals surface area contributed by atoms with Crippen LogP contribution in [-0.2, 0) is 16.0 Å². The quantitative estimate of drug-likeness (QED) is 0.721. The van der Waals surface area contributed by atoms with Crippen molar-refractivity contribution in [3.8, 4) is 0 Å². The van der Waals surface area contributed by atoms with Gasteiger partial charge in [0.25, 0.3) is 0 Å². The van der Waals surface area contributed by atoms with Crippen LogP contribution in [0.15, 0.2) is 0 Å². The number of carbonyl (C=O) groups excluding carboxylic acids is 2. The smallest absolute Gasteiger partial charge is 0.228 e. The molecule has 6 nitrogen and oxygen atoms in total. The minimum absolute atomic E-state index is 0.0487. The molecule has 6 heteroatoms. The average Bonchev–Trinajstić information content (AvgIpc) is 3.22. The van der Waals surface area contributed by atoms with Crippen molar-refractivity contribution in [2.75, 3.05) is 18.0 Å². The summed E-state index contributed by atoms with van der Waals surface area (Å²) in [4.78, 5) is 39.7. The maximum Gasteiger partial charge on any atom is 0.228 e. The van der Waals surface area contributed by atoms with E-state index in [0.29, 0.717) is 31.2 Å². The summed E-state index contributed by atoms with van der Waals surface area (Å²) in [6.45, 7) is 7.89. The fourth-order valence-corrected chi connectivity index (χ4v) is 5.25. The van der Waals surface area contributed by atoms with Crippen molar-refractivity contribution in [2.45, 2.75) is 91.0 Å². The molecule has 4 rings (SSSR count). The van der Waals surface area contributed by atoms with Crippen molar-refractivity contribution >= 4 is 17.6 Å². The Morgan fingerprint density at radius 1 is 1.07 bits per heavy atom. The third-order valence-electron chi connectivity index (χ3n) is 7.07. The van der Waals surface area contributed by atoms with E-state index in [-0.39, 0.29) is 17.9 Å². The zero-order chi connectivity index (χ0) is 21.3. The lowest BCUT2D eigenvalue weighted by atomic mass is 9.88. The van der Waals surface area contributed by atoms with E-state index in [1.807, 2.05) is 16.7 Å². The van der Waals surface area contributed by atoms with Crippen LogP contribution < -0.4 is 4.90 Å². The summed E-state index contributed by atoms with van der Waals surface area (Å²) >= 11 is 0. The average molecular weight is 413 g/mol. The third kappa shape index (κ3) is 4.23. The van der Waals surface area contributed by atoms with Gasteiger partial charge in [0.1, 0.15) is 5.82 Å². The van der Waals surface area contributed by atoms with Gasteiger partial charge in [-0.1, -0.05) is 33.1 Å². The molecule has 2 aliphatic heterocycles. The van der Waals surface area contributed by atoms with Gasteiger partial charge < -0.3 is 4.90 Å². The Labute approximate surface area is 180 Å². The molecule has 0 radical (unpaired) electrons. The van der Waals surface area contributed by atoms with E-state index in [9.17, 15) is 9.59 Å². The van der Waals surface area contributed by atoms with Crippen LogP contribution >= 0.6 is 0 Å². The van der Waals surface area contributed by atoms with E-state index in [1.165, 1.54) is 6.42 Å². The summed E-state index contributed by atoms with van der Waals surface area (Å²) in [6, 6.07) is -0.0487. The molecular formula is C24H36N4O2. The van der Waals surface area contributed by atoms with E-state index < -0.39 is 0 Å². The zero-order valence-corrected chi connectivity index (χ0v) is 18.8. The number of aryl methyl sites for hydroxylation is 1. The van der Waals surface area contributed by atoms with Crippen molar-refractivity contribution in [2.24, 2.45) is 11.8 Å². The Morgan fingerprint density at radius 3 is 2.57 bits per heavy atom. The number of anilines is 1. The van der Waals surface area contributed by atoms with Crippen molar-refractivity contribution in [3.63, 3.8) is 0 Å². The normalized spacial score (nSPS) is 22.7. The van der Waals surface area contributed by atoms with Crippen molar-refractivity contribution in [1.29, 1.82) is 0 Å². The molecular weight excluding hydrogens is 376 g/mol. The second kappa shape index (κ2) is 9.03. The molecule has 1 unspecified atom stereocenters. The predicted octanol–water partition coefficient (Wildman–Crippen LogP) is 4.35. The number of carbonyl (C=O) groups is 2. The second-order valence-corrected chi connectivity index (χ2v) is 9.72. The lowest BCUT2D eigenvalue weighted by Gasteiger charge is -2.33. The van der Waals surface area contributed by atoms with E-state index >= 15 is 0 Å². The predicted molar refractivity (Wildman–Crippen MR) is 117 cm³/mol. The number of fused-ring (bicyclic) bond motifs is 1. The van der Waals surface area contributed by atoms with Gasteiger partial charge >= 0.3 is 0 Å². The Morgan fingerprint density at radius 2 is 1.83 bits per heavy atom. The van der Waals surface area contributed by atoms with Crippen LogP contribution in [0.3, 0.4) is 0 Å². The van der Waals surface area contributed by atoms with Crippen LogP contribution in [0.25, 0.3) is 0 Å². The molecule has 1 saturated carbocycles. The number of aromatic nitrogens is 2. The highest BCUT2D eigenvalue weighted by atomic mass is 16.2. The van der Waals surface area contributed by atoms with E-state index in [2.05, 4.69) is 13.8 Å². The van der Waals surface area contributed by atoms with E-state index in [0.717, 1.165) is 74.4 Å². The first-order valence-corrected chi connectivity index (χ1v) is 11.9. The van der Waals surface area contributed by atoms with Crippen LogP contribution in [0.1, 0.15) is 94.8 Å². The molecule has 2 fully saturated rings. The Hall–Kier alpha value is -1.98. The van der Waals surface area contributed by atoms with Gasteiger partial charge in [-0.25, -0.2) is 9.97 Å². The Kier molecular flexibility index (Phi) is 6.40. The number of nitrogens with zero attached hydrogens (tertiary/aromatic N) is 4. The number of amides is 2. The van der Waals surface area contributed by atoms with Gasteiger partial charge in [0.15, 0.2) is 5.82 Å². The Balaban J connectivity index is 1.62. The minimum atomic E-state index is -0.0487. The first-order chi connectivity index (χ1) is 14.5. The SMILES string of the molecule is Cc1nc(C2CCCN2C(=O)C2CCCCC2)nc2c1CCC(=O)N2CCC(C)C. The fourth-order valence-electron chi connectivity index (χ4n) is 5.25.